The summed E-state index contributed by atoms with van der Waals surface area (Å²) in [5, 5.41) is 8.56. The maximum absolute atomic E-state index is 11.5. The molecule has 0 fully saturated rings. The third-order valence-electron chi connectivity index (χ3n) is 2.42. The number of hydrogen-bond donors (Lipinski definition) is 1. The van der Waals surface area contributed by atoms with E-state index in [2.05, 4.69) is 22.6 Å². The first-order valence-corrected chi connectivity index (χ1v) is 6.91. The molecule has 6 heteroatoms. The highest BCUT2D eigenvalue weighted by atomic mass is 127. The van der Waals surface area contributed by atoms with Crippen molar-refractivity contribution in [3.8, 4) is 5.75 Å². The summed E-state index contributed by atoms with van der Waals surface area (Å²) in [6, 6.07) is 7.64. The van der Waals surface area contributed by atoms with E-state index in [0.717, 1.165) is 9.32 Å². The van der Waals surface area contributed by atoms with Gasteiger partial charge in [-0.2, -0.15) is 0 Å². The van der Waals surface area contributed by atoms with E-state index in [0.29, 0.717) is 13.0 Å². The topological polar surface area (TPSA) is 66.8 Å². The highest BCUT2D eigenvalue weighted by molar-refractivity contribution is 14.1. The third kappa shape index (κ3) is 6.42. The molecule has 104 valence electrons. The molecule has 1 amide bonds. The molecule has 1 aromatic rings. The van der Waals surface area contributed by atoms with Gasteiger partial charge in [-0.25, -0.2) is 0 Å². The minimum atomic E-state index is -1.01. The number of carboxylic acids is 1. The highest BCUT2D eigenvalue weighted by Crippen LogP contribution is 2.13. The van der Waals surface area contributed by atoms with Crippen LogP contribution in [0.4, 0.5) is 0 Å². The van der Waals surface area contributed by atoms with Crippen molar-refractivity contribution in [1.29, 1.82) is 0 Å². The summed E-state index contributed by atoms with van der Waals surface area (Å²) in [5.74, 6) is -0.425. The number of amides is 1. The van der Waals surface area contributed by atoms with Crippen molar-refractivity contribution in [2.24, 2.45) is 0 Å². The van der Waals surface area contributed by atoms with Crippen LogP contribution in [0.25, 0.3) is 0 Å². The highest BCUT2D eigenvalue weighted by Gasteiger charge is 2.11. The van der Waals surface area contributed by atoms with Crippen molar-refractivity contribution in [3.05, 3.63) is 27.8 Å². The van der Waals surface area contributed by atoms with Gasteiger partial charge in [0.1, 0.15) is 12.3 Å². The van der Waals surface area contributed by atoms with Gasteiger partial charge in [0.25, 0.3) is 0 Å². The molecule has 0 spiro atoms. The number of likely N-dealkylation sites (N-methyl/N-ethyl adjacent to an activating group) is 1. The molecule has 0 aliphatic rings. The zero-order valence-electron chi connectivity index (χ0n) is 10.6. The van der Waals surface area contributed by atoms with Crippen LogP contribution in [0, 0.1) is 3.57 Å². The van der Waals surface area contributed by atoms with Crippen molar-refractivity contribution in [3.63, 3.8) is 0 Å². The Bertz CT molecular complexity index is 433. The quantitative estimate of drug-likeness (QED) is 0.583. The number of hydrogen-bond acceptors (Lipinski definition) is 3. The van der Waals surface area contributed by atoms with Crippen LogP contribution in [0.3, 0.4) is 0 Å². The standard InChI is InChI=1S/C13H16INO4/c1-15(9-13(17)18)12(16)3-2-8-19-11-6-4-10(14)5-7-11/h4-7H,2-3,8-9H2,1H3,(H,17,18). The second-order valence-corrected chi connectivity index (χ2v) is 5.30. The fourth-order valence-electron chi connectivity index (χ4n) is 1.43. The number of carbonyl (C=O) groups excluding carboxylic acids is 1. The molecule has 19 heavy (non-hydrogen) atoms. The molecule has 0 bridgehead atoms. The van der Waals surface area contributed by atoms with E-state index < -0.39 is 5.97 Å². The summed E-state index contributed by atoms with van der Waals surface area (Å²) in [5.41, 5.74) is 0. The summed E-state index contributed by atoms with van der Waals surface area (Å²) >= 11 is 2.21. The number of benzene rings is 1. The molecule has 0 aliphatic carbocycles. The zero-order valence-corrected chi connectivity index (χ0v) is 12.8. The Morgan fingerprint density at radius 3 is 2.53 bits per heavy atom. The Labute approximate surface area is 125 Å². The molecule has 0 atom stereocenters. The first-order valence-electron chi connectivity index (χ1n) is 5.83. The normalized spacial score (nSPS) is 10.0. The number of carbonyl (C=O) groups is 2. The predicted octanol–water partition coefficient (Wildman–Crippen LogP) is 1.99. The Balaban J connectivity index is 2.21. The lowest BCUT2D eigenvalue weighted by atomic mass is 10.3. The maximum atomic E-state index is 11.5. The van der Waals surface area contributed by atoms with E-state index in [4.69, 9.17) is 9.84 Å². The lowest BCUT2D eigenvalue weighted by molar-refractivity contribution is -0.143. The lowest BCUT2D eigenvalue weighted by Crippen LogP contribution is -2.31. The molecule has 0 radical (unpaired) electrons. The molecular formula is C13H16INO4. The summed E-state index contributed by atoms with van der Waals surface area (Å²) in [7, 11) is 1.48. The van der Waals surface area contributed by atoms with Crippen LogP contribution >= 0.6 is 22.6 Å². The smallest absolute Gasteiger partial charge is 0.323 e. The van der Waals surface area contributed by atoms with Crippen LogP contribution in [0.2, 0.25) is 0 Å². The largest absolute Gasteiger partial charge is 0.494 e. The number of aliphatic carboxylic acids is 1. The van der Waals surface area contributed by atoms with Gasteiger partial charge in [-0.15, -0.1) is 0 Å². The van der Waals surface area contributed by atoms with Crippen LogP contribution in [-0.2, 0) is 9.59 Å². The molecule has 0 saturated heterocycles. The summed E-state index contributed by atoms with van der Waals surface area (Å²) in [6.07, 6.45) is 0.850. The minimum absolute atomic E-state index is 0.186. The van der Waals surface area contributed by atoms with E-state index >= 15 is 0 Å². The first-order chi connectivity index (χ1) is 8.99. The molecule has 1 aromatic carbocycles. The number of rotatable bonds is 7. The Hall–Kier alpha value is -1.31. The van der Waals surface area contributed by atoms with Crippen molar-refractivity contribution in [2.45, 2.75) is 12.8 Å². The molecule has 0 unspecified atom stereocenters. The summed E-state index contributed by atoms with van der Waals surface area (Å²) in [6.45, 7) is 0.171. The Morgan fingerprint density at radius 2 is 1.95 bits per heavy atom. The molecule has 0 heterocycles. The third-order valence-corrected chi connectivity index (χ3v) is 3.13. The van der Waals surface area contributed by atoms with Crippen molar-refractivity contribution < 1.29 is 19.4 Å². The molecular weight excluding hydrogens is 361 g/mol. The lowest BCUT2D eigenvalue weighted by Gasteiger charge is -2.14. The van der Waals surface area contributed by atoms with Crippen LogP contribution in [0.1, 0.15) is 12.8 Å². The monoisotopic (exact) mass is 377 g/mol. The molecule has 5 nitrogen and oxygen atoms in total. The van der Waals surface area contributed by atoms with Crippen molar-refractivity contribution in [1.82, 2.24) is 4.90 Å². The van der Waals surface area contributed by atoms with E-state index in [1.54, 1.807) is 0 Å². The molecule has 0 aromatic heterocycles. The first kappa shape index (κ1) is 15.7. The average Bonchev–Trinajstić information content (AvgIpc) is 2.35. The van der Waals surface area contributed by atoms with Crippen LogP contribution < -0.4 is 4.74 Å². The maximum Gasteiger partial charge on any atom is 0.323 e. The van der Waals surface area contributed by atoms with E-state index in [9.17, 15) is 9.59 Å². The van der Waals surface area contributed by atoms with Crippen LogP contribution in [0.15, 0.2) is 24.3 Å². The van der Waals surface area contributed by atoms with Gasteiger partial charge in [-0.3, -0.25) is 9.59 Å². The minimum Gasteiger partial charge on any atom is -0.494 e. The average molecular weight is 377 g/mol. The predicted molar refractivity (Wildman–Crippen MR) is 79.2 cm³/mol. The van der Waals surface area contributed by atoms with Gasteiger partial charge in [-0.1, -0.05) is 0 Å². The van der Waals surface area contributed by atoms with Gasteiger partial charge < -0.3 is 14.7 Å². The zero-order chi connectivity index (χ0) is 14.3. The van der Waals surface area contributed by atoms with Gasteiger partial charge in [0.2, 0.25) is 5.91 Å². The summed E-state index contributed by atoms with van der Waals surface area (Å²) < 4.78 is 6.62. The van der Waals surface area contributed by atoms with Crippen LogP contribution in [-0.4, -0.2) is 42.1 Å². The van der Waals surface area contributed by atoms with Gasteiger partial charge in [-0.05, 0) is 53.3 Å². The Kier molecular flexibility index (Phi) is 6.61. The number of ether oxygens (including phenoxy) is 1. The number of nitrogens with zero attached hydrogens (tertiary/aromatic N) is 1. The fourth-order valence-corrected chi connectivity index (χ4v) is 1.79. The van der Waals surface area contributed by atoms with Crippen molar-refractivity contribution >= 4 is 34.5 Å². The molecule has 0 aliphatic heterocycles. The van der Waals surface area contributed by atoms with E-state index in [-0.39, 0.29) is 18.9 Å². The second kappa shape index (κ2) is 7.98. The van der Waals surface area contributed by atoms with Crippen molar-refractivity contribution in [2.75, 3.05) is 20.2 Å². The van der Waals surface area contributed by atoms with Gasteiger partial charge in [0.05, 0.1) is 6.61 Å². The summed E-state index contributed by atoms with van der Waals surface area (Å²) in [4.78, 5) is 23.2. The van der Waals surface area contributed by atoms with E-state index in [1.807, 2.05) is 24.3 Å². The van der Waals surface area contributed by atoms with Gasteiger partial charge >= 0.3 is 5.97 Å². The van der Waals surface area contributed by atoms with E-state index in [1.165, 1.54) is 11.9 Å². The van der Waals surface area contributed by atoms with Gasteiger partial charge in [0, 0.05) is 17.0 Å². The Morgan fingerprint density at radius 1 is 1.32 bits per heavy atom. The second-order valence-electron chi connectivity index (χ2n) is 4.05. The van der Waals surface area contributed by atoms with Gasteiger partial charge in [0.15, 0.2) is 0 Å². The SMILES string of the molecule is CN(CC(=O)O)C(=O)CCCOc1ccc(I)cc1. The van der Waals surface area contributed by atoms with Crippen LogP contribution in [0.5, 0.6) is 5.75 Å². The number of carboxylic acid groups (broad SMARTS) is 1. The molecule has 1 rings (SSSR count). The molecule has 0 saturated carbocycles. The number of halogens is 1. The molecule has 1 N–H and O–H groups in total. The fraction of sp³-hybridized carbons (Fsp3) is 0.385.